The number of hydrogen-bond donors (Lipinski definition) is 1. The van der Waals surface area contributed by atoms with Crippen molar-refractivity contribution in [1.29, 1.82) is 0 Å². The van der Waals surface area contributed by atoms with Gasteiger partial charge in [-0.1, -0.05) is 55.5 Å². The third-order valence-electron chi connectivity index (χ3n) is 11.8. The van der Waals surface area contributed by atoms with Gasteiger partial charge in [-0.05, 0) is 62.1 Å². The number of benzene rings is 1. The number of aryl methyl sites for hydroxylation is 1. The van der Waals surface area contributed by atoms with E-state index in [0.29, 0.717) is 56.2 Å². The predicted octanol–water partition coefficient (Wildman–Crippen LogP) is 6.63. The van der Waals surface area contributed by atoms with E-state index in [4.69, 9.17) is 37.7 Å². The van der Waals surface area contributed by atoms with Crippen LogP contribution in [0.2, 0.25) is 10.0 Å². The minimum absolute atomic E-state index is 0.0620. The Balaban J connectivity index is 1.31. The first kappa shape index (κ1) is 37.9. The minimum atomic E-state index is -1.04. The Morgan fingerprint density at radius 3 is 2.43 bits per heavy atom. The first-order chi connectivity index (χ1) is 24.6. The molecule has 51 heavy (non-hydrogen) atoms. The molecule has 1 saturated heterocycles. The molecule has 2 aliphatic heterocycles. The van der Waals surface area contributed by atoms with Crippen molar-refractivity contribution in [3.05, 3.63) is 61.7 Å². The van der Waals surface area contributed by atoms with Crippen molar-refractivity contribution in [2.45, 2.75) is 94.6 Å². The molecule has 1 aromatic heterocycles. The fourth-order valence-electron chi connectivity index (χ4n) is 9.40. The van der Waals surface area contributed by atoms with Crippen molar-refractivity contribution in [3.63, 3.8) is 0 Å². The second kappa shape index (κ2) is 16.0. The largest absolute Gasteiger partial charge is 0.468 e. The van der Waals surface area contributed by atoms with Crippen LogP contribution in [0.15, 0.2) is 46.0 Å². The van der Waals surface area contributed by atoms with Crippen LogP contribution in [0.4, 0.5) is 0 Å². The van der Waals surface area contributed by atoms with Crippen LogP contribution in [-0.4, -0.2) is 95.0 Å². The fraction of sp³-hybridized carbons (Fsp3) is 0.605. The Labute approximate surface area is 314 Å². The van der Waals surface area contributed by atoms with Crippen molar-refractivity contribution in [1.82, 2.24) is 14.8 Å². The van der Waals surface area contributed by atoms with Crippen molar-refractivity contribution in [3.8, 4) is 0 Å². The Bertz CT molecular complexity index is 1650. The molecule has 5 unspecified atom stereocenters. The van der Waals surface area contributed by atoms with E-state index in [0.717, 1.165) is 56.4 Å². The van der Waals surface area contributed by atoms with Gasteiger partial charge < -0.3 is 19.5 Å². The van der Waals surface area contributed by atoms with Crippen LogP contribution in [0.1, 0.15) is 87.6 Å². The summed E-state index contributed by atoms with van der Waals surface area (Å²) in [6, 6.07) is 4.99. The first-order valence-electron chi connectivity index (χ1n) is 18.1. The lowest BCUT2D eigenvalue weighted by Gasteiger charge is -2.56. The number of hydrogen-bond acceptors (Lipinski definition) is 10. The second-order valence-corrected chi connectivity index (χ2v) is 16.0. The highest BCUT2D eigenvalue weighted by atomic mass is 35.5. The van der Waals surface area contributed by atoms with Gasteiger partial charge in [0.25, 0.3) is 0 Å². The molecule has 6 rings (SSSR count). The quantitative estimate of drug-likeness (QED) is 0.240. The molecular formula is C38H48Cl2N4O6S. The van der Waals surface area contributed by atoms with Crippen molar-refractivity contribution in [2.24, 2.45) is 16.8 Å². The molecule has 5 atom stereocenters. The van der Waals surface area contributed by atoms with E-state index in [1.165, 1.54) is 25.6 Å². The maximum atomic E-state index is 14.2. The van der Waals surface area contributed by atoms with Gasteiger partial charge >= 0.3 is 11.9 Å². The Kier molecular flexibility index (Phi) is 11.9. The van der Waals surface area contributed by atoms with E-state index in [-0.39, 0.29) is 39.2 Å². The number of aliphatic hydroxyl groups is 1. The highest BCUT2D eigenvalue weighted by molar-refractivity contribution is 7.09. The van der Waals surface area contributed by atoms with E-state index in [1.807, 2.05) is 10.3 Å². The molecule has 10 nitrogen and oxygen atoms in total. The van der Waals surface area contributed by atoms with Crippen LogP contribution in [0.3, 0.4) is 0 Å². The number of piperazine rings is 1. The number of amides is 1. The lowest BCUT2D eigenvalue weighted by Crippen LogP contribution is -2.68. The van der Waals surface area contributed by atoms with E-state index in [9.17, 15) is 19.5 Å². The van der Waals surface area contributed by atoms with Crippen LogP contribution in [-0.2, 0) is 30.3 Å². The number of ether oxygens (including phenoxy) is 2. The Morgan fingerprint density at radius 2 is 1.78 bits per heavy atom. The molecule has 1 aromatic carbocycles. The normalized spacial score (nSPS) is 28.1. The molecule has 2 bridgehead atoms. The van der Waals surface area contributed by atoms with Gasteiger partial charge in [0, 0.05) is 65.9 Å². The van der Waals surface area contributed by atoms with Gasteiger partial charge in [0.05, 0.1) is 48.1 Å². The zero-order valence-electron chi connectivity index (χ0n) is 29.7. The van der Waals surface area contributed by atoms with Gasteiger partial charge in [-0.3, -0.25) is 19.5 Å². The van der Waals surface area contributed by atoms with Gasteiger partial charge in [0.2, 0.25) is 5.91 Å². The number of carbonyl (C=O) groups excluding carboxylic acids is 3. The van der Waals surface area contributed by atoms with Crippen molar-refractivity contribution < 1.29 is 29.0 Å². The van der Waals surface area contributed by atoms with Crippen molar-refractivity contribution in [2.75, 3.05) is 40.4 Å². The number of aliphatic imine (C=N–C) groups is 1. The molecular weight excluding hydrogens is 711 g/mol. The summed E-state index contributed by atoms with van der Waals surface area (Å²) in [5.74, 6) is -3.22. The molecule has 1 N–H and O–H groups in total. The van der Waals surface area contributed by atoms with Gasteiger partial charge in [0.15, 0.2) is 0 Å². The summed E-state index contributed by atoms with van der Waals surface area (Å²) in [6.45, 7) is 4.51. The fourth-order valence-corrected chi connectivity index (χ4v) is 10.7. The van der Waals surface area contributed by atoms with Crippen LogP contribution in [0.25, 0.3) is 0 Å². The summed E-state index contributed by atoms with van der Waals surface area (Å²) in [5, 5.41) is 15.5. The lowest BCUT2D eigenvalue weighted by molar-refractivity contribution is -0.156. The molecule has 2 aliphatic carbocycles. The summed E-state index contributed by atoms with van der Waals surface area (Å²) in [5.41, 5.74) is 0.177. The SMILES string of the molecule is CCCCC1(O)C2CCCC1(N1CCN(C(=O)CC3=C(C(=O)OC)C(c4c(Cl)cccc4Cl)C(C(=O)OC)C(CCc4nccs4)=N3)CC1)CC2. The summed E-state index contributed by atoms with van der Waals surface area (Å²) < 4.78 is 10.6. The van der Waals surface area contributed by atoms with Crippen LogP contribution in [0.5, 0.6) is 0 Å². The van der Waals surface area contributed by atoms with Crippen LogP contribution >= 0.6 is 34.5 Å². The Morgan fingerprint density at radius 1 is 1.04 bits per heavy atom. The van der Waals surface area contributed by atoms with Crippen LogP contribution in [0, 0.1) is 11.8 Å². The topological polar surface area (TPSA) is 122 Å². The smallest absolute Gasteiger partial charge is 0.336 e. The molecule has 2 saturated carbocycles. The standard InChI is InChI=1S/C38H48Cl2N4O6S/c1-4-5-15-38(48)24-8-7-14-37(38,16-13-24)44-20-18-43(19-21-44)30(45)23-28-33(36(47)50-3)34(31-25(39)9-6-10-26(31)40)32(35(46)49-2)27(42-28)11-12-29-41-17-22-51-29/h6,9-10,17,22,24,32,34,48H,4-5,7-8,11-16,18-21,23H2,1-3H3. The monoisotopic (exact) mass is 758 g/mol. The molecule has 1 amide bonds. The van der Waals surface area contributed by atoms with Crippen molar-refractivity contribution >= 4 is 58.1 Å². The number of carbonyl (C=O) groups is 3. The van der Waals surface area contributed by atoms with E-state index in [2.05, 4.69) is 16.8 Å². The number of halogens is 2. The molecule has 3 heterocycles. The first-order valence-corrected chi connectivity index (χ1v) is 19.8. The molecule has 0 spiro atoms. The zero-order chi connectivity index (χ0) is 36.3. The average molecular weight is 760 g/mol. The number of rotatable bonds is 12. The van der Waals surface area contributed by atoms with E-state index < -0.39 is 29.4 Å². The molecule has 276 valence electrons. The third kappa shape index (κ3) is 7.13. The van der Waals surface area contributed by atoms with Gasteiger partial charge in [-0.15, -0.1) is 11.3 Å². The molecule has 3 fully saturated rings. The summed E-state index contributed by atoms with van der Waals surface area (Å²) >= 11 is 15.0. The van der Waals surface area contributed by atoms with Gasteiger partial charge in [0.1, 0.15) is 5.92 Å². The number of esters is 2. The maximum absolute atomic E-state index is 14.2. The summed E-state index contributed by atoms with van der Waals surface area (Å²) in [6.07, 6.45) is 10.5. The van der Waals surface area contributed by atoms with Crippen LogP contribution < -0.4 is 0 Å². The second-order valence-electron chi connectivity index (χ2n) is 14.2. The number of unbranched alkanes of at least 4 members (excludes halogenated alkanes) is 1. The molecule has 2 aromatic rings. The summed E-state index contributed by atoms with van der Waals surface area (Å²) in [7, 11) is 2.55. The molecule has 4 aliphatic rings. The predicted molar refractivity (Wildman–Crippen MR) is 198 cm³/mol. The molecule has 0 radical (unpaired) electrons. The average Bonchev–Trinajstić information content (AvgIpc) is 3.67. The third-order valence-corrected chi connectivity index (χ3v) is 13.3. The minimum Gasteiger partial charge on any atom is -0.468 e. The number of methoxy groups -OCH3 is 2. The zero-order valence-corrected chi connectivity index (χ0v) is 32.0. The van der Waals surface area contributed by atoms with Gasteiger partial charge in [-0.2, -0.15) is 0 Å². The lowest BCUT2D eigenvalue weighted by atomic mass is 9.66. The highest BCUT2D eigenvalue weighted by Gasteiger charge is 2.63. The maximum Gasteiger partial charge on any atom is 0.336 e. The van der Waals surface area contributed by atoms with E-state index >= 15 is 0 Å². The number of fused-ring (bicyclic) bond motifs is 2. The summed E-state index contributed by atoms with van der Waals surface area (Å²) in [4.78, 5) is 55.1. The van der Waals surface area contributed by atoms with Gasteiger partial charge in [-0.25, -0.2) is 9.78 Å². The molecule has 13 heteroatoms. The number of nitrogens with zero attached hydrogens (tertiary/aromatic N) is 4. The Hall–Kier alpha value is -2.83. The number of thiazole rings is 1. The highest BCUT2D eigenvalue weighted by Crippen LogP contribution is 2.57. The van der Waals surface area contributed by atoms with E-state index in [1.54, 1.807) is 24.4 Å². The number of aromatic nitrogens is 1.